The van der Waals surface area contributed by atoms with Gasteiger partial charge in [0.05, 0.1) is 0 Å². The van der Waals surface area contributed by atoms with E-state index < -0.39 is 24.1 Å². The third kappa shape index (κ3) is 8.46. The SMILES string of the molecule is O.O=C(O)C(O)C(O)C(=O)O.[Ni].[SbH3]. The number of hydrogen-bond acceptors (Lipinski definition) is 4. The van der Waals surface area contributed by atoms with Crippen molar-refractivity contribution in [1.29, 1.82) is 0 Å². The van der Waals surface area contributed by atoms with Crippen LogP contribution in [0.4, 0.5) is 0 Å². The van der Waals surface area contributed by atoms with Gasteiger partial charge in [-0.2, -0.15) is 0 Å². The quantitative estimate of drug-likeness (QED) is 0.380. The van der Waals surface area contributed by atoms with Crippen molar-refractivity contribution >= 4 is 36.4 Å². The summed E-state index contributed by atoms with van der Waals surface area (Å²) in [5.41, 5.74) is 0. The molecule has 0 spiro atoms. The van der Waals surface area contributed by atoms with Gasteiger partial charge < -0.3 is 25.9 Å². The Labute approximate surface area is 100 Å². The van der Waals surface area contributed by atoms with Crippen molar-refractivity contribution in [3.8, 4) is 0 Å². The van der Waals surface area contributed by atoms with Crippen molar-refractivity contribution in [2.75, 3.05) is 0 Å². The molecule has 0 saturated carbocycles. The van der Waals surface area contributed by atoms with Crippen molar-refractivity contribution in [1.82, 2.24) is 0 Å². The zero-order chi connectivity index (χ0) is 8.31. The fourth-order valence-corrected chi connectivity index (χ4v) is 0.270. The topological polar surface area (TPSA) is 147 Å². The molecule has 0 fully saturated rings. The molecule has 0 radical (unpaired) electrons. The molecule has 0 saturated heterocycles. The monoisotopic (exact) mass is 350 g/mol. The summed E-state index contributed by atoms with van der Waals surface area (Å²) in [6.07, 6.45) is -4.53. The van der Waals surface area contributed by atoms with Crippen molar-refractivity contribution in [2.24, 2.45) is 0 Å². The summed E-state index contributed by atoms with van der Waals surface area (Å²) < 4.78 is 0. The van der Waals surface area contributed by atoms with Crippen LogP contribution in [0.25, 0.3) is 0 Å². The molecule has 13 heavy (non-hydrogen) atoms. The maximum absolute atomic E-state index is 9.77. The van der Waals surface area contributed by atoms with E-state index in [-0.39, 0.29) is 46.4 Å². The van der Waals surface area contributed by atoms with E-state index in [4.69, 9.17) is 20.4 Å². The van der Waals surface area contributed by atoms with E-state index >= 15 is 0 Å². The number of aliphatic hydroxyl groups is 2. The average Bonchev–Trinajstić information content (AvgIpc) is 1.84. The van der Waals surface area contributed by atoms with Crippen LogP contribution in [0.3, 0.4) is 0 Å². The molecule has 0 amide bonds. The molecule has 0 bridgehead atoms. The fraction of sp³-hybridized carbons (Fsp3) is 0.500. The zero-order valence-corrected chi connectivity index (χ0v) is 11.3. The standard InChI is InChI=1S/C4H6O6.Ni.H2O.Sb.3H/c5-1(3(7)8)2(6)4(9)10;;;;;;/h1-2,5-6H,(H,7,8)(H,9,10);;1H2;;;;. The number of aliphatic hydroxyl groups excluding tert-OH is 2. The van der Waals surface area contributed by atoms with Crippen LogP contribution in [0.2, 0.25) is 0 Å². The molecule has 0 heterocycles. The third-order valence-corrected chi connectivity index (χ3v) is 0.805. The summed E-state index contributed by atoms with van der Waals surface area (Å²) >= 11 is 0. The van der Waals surface area contributed by atoms with Gasteiger partial charge in [0.25, 0.3) is 0 Å². The first-order valence-corrected chi connectivity index (χ1v) is 2.28. The molecule has 9 heteroatoms. The second kappa shape index (κ2) is 10.2. The number of carbonyl (C=O) groups is 2. The van der Waals surface area contributed by atoms with E-state index in [1.165, 1.54) is 0 Å². The Morgan fingerprint density at radius 3 is 1.15 bits per heavy atom. The Morgan fingerprint density at radius 1 is 0.923 bits per heavy atom. The summed E-state index contributed by atoms with van der Waals surface area (Å²) in [4.78, 5) is 19.5. The van der Waals surface area contributed by atoms with Gasteiger partial charge >= 0.3 is 36.4 Å². The first-order chi connectivity index (χ1) is 4.46. The molecule has 0 aromatic rings. The molecule has 0 rings (SSSR count). The van der Waals surface area contributed by atoms with Gasteiger partial charge in [-0.05, 0) is 0 Å². The predicted molar refractivity (Wildman–Crippen MR) is 40.8 cm³/mol. The number of hydrogen-bond donors (Lipinski definition) is 4. The van der Waals surface area contributed by atoms with E-state index in [0.717, 1.165) is 0 Å². The molecular formula is C4H11NiO7Sb. The van der Waals surface area contributed by atoms with Gasteiger partial charge in [0.2, 0.25) is 0 Å². The number of carboxylic acid groups (broad SMARTS) is 2. The first-order valence-electron chi connectivity index (χ1n) is 2.28. The van der Waals surface area contributed by atoms with Crippen molar-refractivity contribution < 1.29 is 52.0 Å². The summed E-state index contributed by atoms with van der Waals surface area (Å²) in [5.74, 6) is -3.54. The van der Waals surface area contributed by atoms with Crippen molar-refractivity contribution in [3.63, 3.8) is 0 Å². The van der Waals surface area contributed by atoms with E-state index in [1.54, 1.807) is 0 Å². The predicted octanol–water partition coefficient (Wildman–Crippen LogP) is -4.13. The van der Waals surface area contributed by atoms with Gasteiger partial charge in [0, 0.05) is 16.5 Å². The molecule has 0 aromatic carbocycles. The Kier molecular flexibility index (Phi) is 18.2. The van der Waals surface area contributed by atoms with Gasteiger partial charge in [-0.25, -0.2) is 9.59 Å². The van der Waals surface area contributed by atoms with Gasteiger partial charge in [-0.1, -0.05) is 0 Å². The Morgan fingerprint density at radius 2 is 1.08 bits per heavy atom. The Bertz CT molecular complexity index is 145. The summed E-state index contributed by atoms with van der Waals surface area (Å²) in [6, 6.07) is 0. The van der Waals surface area contributed by atoms with Crippen LogP contribution < -0.4 is 0 Å². The van der Waals surface area contributed by atoms with Gasteiger partial charge in [-0.3, -0.25) is 0 Å². The molecule has 0 aliphatic carbocycles. The number of carboxylic acids is 2. The molecular weight excluding hydrogens is 340 g/mol. The van der Waals surface area contributed by atoms with Crippen LogP contribution >= 0.6 is 0 Å². The van der Waals surface area contributed by atoms with E-state index in [2.05, 4.69) is 0 Å². The number of rotatable bonds is 3. The molecule has 84 valence electrons. The van der Waals surface area contributed by atoms with Crippen LogP contribution in [0.15, 0.2) is 0 Å². The van der Waals surface area contributed by atoms with E-state index in [0.29, 0.717) is 0 Å². The second-order valence-electron chi connectivity index (χ2n) is 1.57. The van der Waals surface area contributed by atoms with Crippen LogP contribution in [-0.2, 0) is 26.1 Å². The van der Waals surface area contributed by atoms with Gasteiger partial charge in [-0.15, -0.1) is 0 Å². The molecule has 2 atom stereocenters. The van der Waals surface area contributed by atoms with Crippen molar-refractivity contribution in [3.05, 3.63) is 0 Å². The molecule has 6 N–H and O–H groups in total. The molecule has 0 aliphatic rings. The van der Waals surface area contributed by atoms with Gasteiger partial charge in [0.1, 0.15) is 0 Å². The first kappa shape index (κ1) is 23.2. The summed E-state index contributed by atoms with van der Waals surface area (Å²) in [5, 5.41) is 32.5. The van der Waals surface area contributed by atoms with E-state index in [1.807, 2.05) is 0 Å². The maximum atomic E-state index is 9.77. The van der Waals surface area contributed by atoms with Crippen LogP contribution in [0.1, 0.15) is 0 Å². The summed E-state index contributed by atoms with van der Waals surface area (Å²) in [6.45, 7) is 0. The molecule has 2 unspecified atom stereocenters. The minimum absolute atomic E-state index is 0. The second-order valence-corrected chi connectivity index (χ2v) is 1.57. The van der Waals surface area contributed by atoms with Crippen LogP contribution in [0, 0.1) is 0 Å². The normalized spacial score (nSPS) is 12.2. The fourth-order valence-electron chi connectivity index (χ4n) is 0.270. The van der Waals surface area contributed by atoms with Crippen LogP contribution in [0.5, 0.6) is 0 Å². The van der Waals surface area contributed by atoms with Gasteiger partial charge in [0.15, 0.2) is 12.2 Å². The zero-order valence-electron chi connectivity index (χ0n) is 6.28. The van der Waals surface area contributed by atoms with E-state index in [9.17, 15) is 9.59 Å². The number of aliphatic carboxylic acids is 2. The Balaban J connectivity index is -0.000000135. The minimum atomic E-state index is -2.27. The van der Waals surface area contributed by atoms with Crippen LogP contribution in [-0.4, -0.2) is 74.5 Å². The average molecular weight is 352 g/mol. The molecule has 0 aliphatic heterocycles. The molecule has 7 nitrogen and oxygen atoms in total. The summed E-state index contributed by atoms with van der Waals surface area (Å²) in [7, 11) is 0. The molecule has 0 aromatic heterocycles. The third-order valence-electron chi connectivity index (χ3n) is 0.805. The Hall–Kier alpha value is 0.132. The van der Waals surface area contributed by atoms with Crippen molar-refractivity contribution in [2.45, 2.75) is 12.2 Å².